The van der Waals surface area contributed by atoms with E-state index in [-0.39, 0.29) is 0 Å². The lowest BCUT2D eigenvalue weighted by molar-refractivity contribution is 0.962. The summed E-state index contributed by atoms with van der Waals surface area (Å²) < 4.78 is 0. The normalized spacial score (nSPS) is 11.2. The van der Waals surface area contributed by atoms with Gasteiger partial charge in [-0.25, -0.2) is 0 Å². The first-order chi connectivity index (χ1) is 4.00. The van der Waals surface area contributed by atoms with Crippen LogP contribution in [0.4, 0.5) is 0 Å². The molecule has 0 bridgehead atoms. The van der Waals surface area contributed by atoms with E-state index in [1.165, 1.54) is 12.8 Å². The summed E-state index contributed by atoms with van der Waals surface area (Å²) in [6, 6.07) is 0. The molecule has 1 aliphatic carbocycles. The molecule has 0 heteroatoms. The molecule has 0 fully saturated rings. The number of hydrogen-bond donors (Lipinski definition) is 0. The van der Waals surface area contributed by atoms with Gasteiger partial charge >= 0.3 is 0 Å². The van der Waals surface area contributed by atoms with Crippen molar-refractivity contribution in [3.8, 4) is 0 Å². The van der Waals surface area contributed by atoms with Gasteiger partial charge < -0.3 is 0 Å². The first-order valence-corrected chi connectivity index (χ1v) is 3.15. The molecule has 0 amide bonds. The third-order valence-corrected chi connectivity index (χ3v) is 0.667. The topological polar surface area (TPSA) is 0 Å². The minimum absolute atomic E-state index is 1.32. The molecule has 0 aromatic rings. The Hall–Kier alpha value is -0.520. The monoisotopic (exact) mass is 112 g/mol. The number of rotatable bonds is 0. The number of allylic oxidation sites excluding steroid dienone is 2. The molecule has 0 unspecified atom stereocenters. The van der Waals surface area contributed by atoms with Crippen LogP contribution in [0.15, 0.2) is 25.3 Å². The van der Waals surface area contributed by atoms with Gasteiger partial charge in [0.2, 0.25) is 0 Å². The highest BCUT2D eigenvalue weighted by molar-refractivity contribution is 4.92. The van der Waals surface area contributed by atoms with Crippen molar-refractivity contribution in [1.29, 1.82) is 0 Å². The van der Waals surface area contributed by atoms with E-state index in [1.807, 2.05) is 13.8 Å². The summed E-state index contributed by atoms with van der Waals surface area (Å²) in [5.74, 6) is 0. The fourth-order valence-corrected chi connectivity index (χ4v) is 0.167. The first kappa shape index (κ1) is 10.5. The molecular formula is C8H16. The summed E-state index contributed by atoms with van der Waals surface area (Å²) in [5, 5.41) is 0. The maximum atomic E-state index is 3.00. The molecule has 0 radical (unpaired) electrons. The van der Waals surface area contributed by atoms with Crippen molar-refractivity contribution in [1.82, 2.24) is 0 Å². The maximum Gasteiger partial charge on any atom is -0.0316 e. The van der Waals surface area contributed by atoms with E-state index in [0.29, 0.717) is 0 Å². The second-order valence-electron chi connectivity index (χ2n) is 1.05. The lowest BCUT2D eigenvalue weighted by Crippen LogP contribution is -1.71. The van der Waals surface area contributed by atoms with Gasteiger partial charge in [-0.15, -0.1) is 13.2 Å². The summed E-state index contributed by atoms with van der Waals surface area (Å²) in [6.07, 6.45) is 7.00. The van der Waals surface area contributed by atoms with Crippen LogP contribution < -0.4 is 0 Å². The lowest BCUT2D eigenvalue weighted by Gasteiger charge is -1.92. The van der Waals surface area contributed by atoms with Gasteiger partial charge in [0.15, 0.2) is 0 Å². The average Bonchev–Trinajstić information content (AvgIpc) is 1.72. The van der Waals surface area contributed by atoms with Crippen molar-refractivity contribution in [2.45, 2.75) is 26.7 Å². The molecule has 0 nitrogen and oxygen atoms in total. The van der Waals surface area contributed by atoms with Gasteiger partial charge in [-0.3, -0.25) is 0 Å². The van der Waals surface area contributed by atoms with Crippen LogP contribution in [-0.2, 0) is 0 Å². The predicted molar refractivity (Wildman–Crippen MR) is 41.0 cm³/mol. The molecule has 0 aromatic heterocycles. The number of hydrogen-bond acceptors (Lipinski definition) is 0. The van der Waals surface area contributed by atoms with Crippen LogP contribution in [0.1, 0.15) is 26.7 Å². The van der Waals surface area contributed by atoms with Gasteiger partial charge in [-0.05, 0) is 12.8 Å². The summed E-state index contributed by atoms with van der Waals surface area (Å²) in [5.41, 5.74) is 0. The quantitative estimate of drug-likeness (QED) is 0.422. The molecule has 8 heavy (non-hydrogen) atoms. The summed E-state index contributed by atoms with van der Waals surface area (Å²) >= 11 is 0. The van der Waals surface area contributed by atoms with E-state index in [4.69, 9.17) is 0 Å². The zero-order valence-corrected chi connectivity index (χ0v) is 5.98. The minimum atomic E-state index is 1.32. The minimum Gasteiger partial charge on any atom is -0.106 e. The zero-order valence-electron chi connectivity index (χ0n) is 5.98. The van der Waals surface area contributed by atoms with Gasteiger partial charge in [0.05, 0.1) is 0 Å². The highest BCUT2D eigenvalue weighted by Crippen LogP contribution is 2.01. The zero-order chi connectivity index (χ0) is 6.83. The van der Waals surface area contributed by atoms with E-state index < -0.39 is 0 Å². The molecule has 48 valence electrons. The van der Waals surface area contributed by atoms with Gasteiger partial charge in [-0.1, -0.05) is 26.0 Å². The SMILES string of the molecule is C1=CCC1.C=C.CC. The Kier molecular flexibility index (Phi) is 21.0. The van der Waals surface area contributed by atoms with Crippen LogP contribution in [0.5, 0.6) is 0 Å². The van der Waals surface area contributed by atoms with Crippen LogP contribution in [-0.4, -0.2) is 0 Å². The molecule has 0 saturated heterocycles. The summed E-state index contributed by atoms with van der Waals surface area (Å²) in [6.45, 7) is 10.0. The van der Waals surface area contributed by atoms with Crippen molar-refractivity contribution >= 4 is 0 Å². The molecular weight excluding hydrogens is 96.1 g/mol. The Morgan fingerprint density at radius 1 is 1.00 bits per heavy atom. The van der Waals surface area contributed by atoms with Crippen LogP contribution >= 0.6 is 0 Å². The lowest BCUT2D eigenvalue weighted by atomic mass is 10.1. The molecule has 0 atom stereocenters. The Bertz CT molecular complexity index is 38.0. The highest BCUT2D eigenvalue weighted by atomic mass is 13.9. The van der Waals surface area contributed by atoms with Crippen molar-refractivity contribution < 1.29 is 0 Å². The van der Waals surface area contributed by atoms with Gasteiger partial charge in [0.25, 0.3) is 0 Å². The fraction of sp³-hybridized carbons (Fsp3) is 0.500. The van der Waals surface area contributed by atoms with E-state index in [2.05, 4.69) is 25.3 Å². The Morgan fingerprint density at radius 2 is 1.12 bits per heavy atom. The largest absolute Gasteiger partial charge is 0.106 e. The van der Waals surface area contributed by atoms with E-state index in [9.17, 15) is 0 Å². The Morgan fingerprint density at radius 3 is 1.12 bits per heavy atom. The van der Waals surface area contributed by atoms with Gasteiger partial charge in [-0.2, -0.15) is 0 Å². The van der Waals surface area contributed by atoms with Gasteiger partial charge in [0.1, 0.15) is 0 Å². The molecule has 0 aromatic carbocycles. The van der Waals surface area contributed by atoms with Crippen molar-refractivity contribution in [2.75, 3.05) is 0 Å². The average molecular weight is 112 g/mol. The van der Waals surface area contributed by atoms with E-state index in [1.54, 1.807) is 0 Å². The van der Waals surface area contributed by atoms with Gasteiger partial charge in [0, 0.05) is 0 Å². The summed E-state index contributed by atoms with van der Waals surface area (Å²) in [7, 11) is 0. The smallest absolute Gasteiger partial charge is 0.0316 e. The standard InChI is InChI=1S/C4H6.C2H6.C2H4/c1-2-4-3-1;2*1-2/h1-2H,3-4H2;1-2H3;1-2H2. The van der Waals surface area contributed by atoms with Crippen molar-refractivity contribution in [3.05, 3.63) is 25.3 Å². The van der Waals surface area contributed by atoms with Crippen LogP contribution in [0, 0.1) is 0 Å². The third-order valence-electron chi connectivity index (χ3n) is 0.667. The first-order valence-electron chi connectivity index (χ1n) is 3.15. The third kappa shape index (κ3) is 9.08. The van der Waals surface area contributed by atoms with E-state index in [0.717, 1.165) is 0 Å². The molecule has 1 aliphatic rings. The predicted octanol–water partition coefficient (Wildman–Crippen LogP) is 3.16. The Labute approximate surface area is 52.9 Å². The van der Waals surface area contributed by atoms with Crippen molar-refractivity contribution in [3.63, 3.8) is 0 Å². The van der Waals surface area contributed by atoms with E-state index >= 15 is 0 Å². The second kappa shape index (κ2) is 16.1. The Balaban J connectivity index is 0. The maximum absolute atomic E-state index is 3.00. The molecule has 0 saturated carbocycles. The van der Waals surface area contributed by atoms with Crippen LogP contribution in [0.3, 0.4) is 0 Å². The van der Waals surface area contributed by atoms with Crippen LogP contribution in [0.25, 0.3) is 0 Å². The van der Waals surface area contributed by atoms with Crippen LogP contribution in [0.2, 0.25) is 0 Å². The highest BCUT2D eigenvalue weighted by Gasteiger charge is 1.81. The molecule has 1 rings (SSSR count). The molecule has 0 spiro atoms. The fourth-order valence-electron chi connectivity index (χ4n) is 0.167. The molecule has 0 heterocycles. The summed E-state index contributed by atoms with van der Waals surface area (Å²) in [4.78, 5) is 0. The second-order valence-corrected chi connectivity index (χ2v) is 1.05. The molecule has 0 aliphatic heterocycles. The van der Waals surface area contributed by atoms with Crippen molar-refractivity contribution in [2.24, 2.45) is 0 Å². The molecule has 0 N–H and O–H groups in total.